The van der Waals surface area contributed by atoms with Gasteiger partial charge in [0.15, 0.2) is 0 Å². The number of aryl methyl sites for hydroxylation is 2. The van der Waals surface area contributed by atoms with Gasteiger partial charge in [0.05, 0.1) is 22.0 Å². The number of rotatable bonds is 5. The molecule has 0 N–H and O–H groups in total. The zero-order valence-corrected chi connectivity index (χ0v) is 22.8. The first-order valence-corrected chi connectivity index (χ1v) is 12.8. The zero-order valence-electron chi connectivity index (χ0n) is 21.3. The maximum absolute atomic E-state index is 15.4. The van der Waals surface area contributed by atoms with Crippen LogP contribution >= 0.6 is 23.2 Å². The van der Waals surface area contributed by atoms with Crippen molar-refractivity contribution in [1.82, 2.24) is 19.4 Å². The number of pyridine rings is 3. The number of hydrogen-bond acceptors (Lipinski definition) is 4. The van der Waals surface area contributed by atoms with E-state index in [2.05, 4.69) is 9.97 Å². The lowest BCUT2D eigenvalue weighted by molar-refractivity contribution is 0.0823. The van der Waals surface area contributed by atoms with Crippen molar-refractivity contribution in [3.8, 4) is 16.9 Å². The second kappa shape index (κ2) is 9.97. The topological polar surface area (TPSA) is 68.1 Å². The fourth-order valence-electron chi connectivity index (χ4n) is 4.88. The predicted molar refractivity (Wildman–Crippen MR) is 147 cm³/mol. The maximum Gasteiger partial charge on any atom is 0.274 e. The molecule has 0 unspecified atom stereocenters. The van der Waals surface area contributed by atoms with Crippen molar-refractivity contribution in [3.05, 3.63) is 109 Å². The average Bonchev–Trinajstić information content (AvgIpc) is 3.68. The van der Waals surface area contributed by atoms with Crippen LogP contribution in [-0.4, -0.2) is 39.4 Å². The van der Waals surface area contributed by atoms with Crippen LogP contribution in [0.4, 0.5) is 4.39 Å². The van der Waals surface area contributed by atoms with Crippen molar-refractivity contribution in [2.24, 2.45) is 0 Å². The molecule has 1 amide bonds. The quantitative estimate of drug-likeness (QED) is 0.291. The summed E-state index contributed by atoms with van der Waals surface area (Å²) in [5, 5.41) is 0.725. The third-order valence-electron chi connectivity index (χ3n) is 6.93. The second-order valence-electron chi connectivity index (χ2n) is 9.80. The molecule has 0 radical (unpaired) electrons. The van der Waals surface area contributed by atoms with Crippen LogP contribution in [0.5, 0.6) is 0 Å². The van der Waals surface area contributed by atoms with Crippen molar-refractivity contribution in [3.63, 3.8) is 0 Å². The van der Waals surface area contributed by atoms with Crippen LogP contribution in [-0.2, 0) is 0 Å². The number of carbonyl (C=O) groups is 1. The molecule has 5 rings (SSSR count). The number of amides is 1. The first-order chi connectivity index (χ1) is 18.1. The molecule has 0 spiro atoms. The zero-order chi connectivity index (χ0) is 27.3. The molecule has 6 nitrogen and oxygen atoms in total. The minimum absolute atomic E-state index is 0.0499. The maximum atomic E-state index is 15.4. The summed E-state index contributed by atoms with van der Waals surface area (Å²) < 4.78 is 16.9. The lowest BCUT2D eigenvalue weighted by atomic mass is 10.0. The molecule has 1 aliphatic carbocycles. The highest BCUT2D eigenvalue weighted by atomic mass is 35.5. The van der Waals surface area contributed by atoms with Gasteiger partial charge in [0.1, 0.15) is 10.8 Å². The highest BCUT2D eigenvalue weighted by molar-refractivity contribution is 6.31. The average molecular weight is 551 g/mol. The molecule has 9 heteroatoms. The van der Waals surface area contributed by atoms with E-state index in [1.807, 2.05) is 26.0 Å². The van der Waals surface area contributed by atoms with E-state index in [0.29, 0.717) is 22.1 Å². The minimum Gasteiger partial charge on any atom is -0.345 e. The van der Waals surface area contributed by atoms with Crippen LogP contribution in [0.1, 0.15) is 51.0 Å². The summed E-state index contributed by atoms with van der Waals surface area (Å²) in [6.07, 6.45) is 5.82. The molecule has 3 heterocycles. The number of hydrogen-bond donors (Lipinski definition) is 0. The van der Waals surface area contributed by atoms with Crippen molar-refractivity contribution < 1.29 is 9.18 Å². The van der Waals surface area contributed by atoms with Gasteiger partial charge in [-0.05, 0) is 79.1 Å². The monoisotopic (exact) mass is 550 g/mol. The predicted octanol–water partition coefficient (Wildman–Crippen LogP) is 6.33. The van der Waals surface area contributed by atoms with Gasteiger partial charge in [-0.1, -0.05) is 29.3 Å². The van der Waals surface area contributed by atoms with Crippen LogP contribution in [0.3, 0.4) is 0 Å². The molecule has 1 saturated carbocycles. The Hall–Kier alpha value is -3.55. The van der Waals surface area contributed by atoms with Crippen LogP contribution in [0, 0.1) is 19.7 Å². The van der Waals surface area contributed by atoms with Gasteiger partial charge < -0.3 is 4.90 Å². The van der Waals surface area contributed by atoms with E-state index in [9.17, 15) is 9.59 Å². The lowest BCUT2D eigenvalue weighted by Crippen LogP contribution is -2.23. The Bertz CT molecular complexity index is 1650. The van der Waals surface area contributed by atoms with Gasteiger partial charge in [-0.2, -0.15) is 0 Å². The summed E-state index contributed by atoms with van der Waals surface area (Å²) in [6, 6.07) is 10.1. The SMILES string of the molecule is Cc1cnc(-c2cccc(C(=O)N(C)C)c2F)cc1-n1c(C)cc([C@H]2C[C@@H]2c2cncc(Cl)c2)c(Cl)c1=O. The van der Waals surface area contributed by atoms with Crippen molar-refractivity contribution in [2.45, 2.75) is 32.1 Å². The Balaban J connectivity index is 1.55. The first kappa shape index (κ1) is 26.1. The molecule has 0 aliphatic heterocycles. The summed E-state index contributed by atoms with van der Waals surface area (Å²) in [5.74, 6) is -0.814. The van der Waals surface area contributed by atoms with Gasteiger partial charge in [0.25, 0.3) is 11.5 Å². The minimum atomic E-state index is -0.666. The van der Waals surface area contributed by atoms with Gasteiger partial charge in [-0.15, -0.1) is 0 Å². The summed E-state index contributed by atoms with van der Waals surface area (Å²) in [6.45, 7) is 3.67. The number of aromatic nitrogens is 3. The van der Waals surface area contributed by atoms with E-state index in [1.165, 1.54) is 15.5 Å². The Labute approximate surface area is 229 Å². The standard InChI is InChI=1S/C29H25Cl2FN4O2/c1-15-12-34-24(19-6-5-7-20(27(19)32)28(37)35(3)4)11-25(15)36-16(2)8-23(26(31)29(36)38)22-10-21(22)17-9-18(30)14-33-13-17/h5-9,11-14,21-22H,10H2,1-4H3/t21-,22+/m1/s1. The summed E-state index contributed by atoms with van der Waals surface area (Å²) >= 11 is 12.8. The molecule has 1 aliphatic rings. The molecule has 4 aromatic rings. The highest BCUT2D eigenvalue weighted by Crippen LogP contribution is 2.56. The van der Waals surface area contributed by atoms with Gasteiger partial charge in [0, 0.05) is 43.9 Å². The molecule has 3 aromatic heterocycles. The van der Waals surface area contributed by atoms with Gasteiger partial charge in [-0.25, -0.2) is 4.39 Å². The number of nitrogens with zero attached hydrogens (tertiary/aromatic N) is 4. The molecule has 1 aromatic carbocycles. The first-order valence-electron chi connectivity index (χ1n) is 12.1. The van der Waals surface area contributed by atoms with E-state index in [4.69, 9.17) is 23.2 Å². The third kappa shape index (κ3) is 4.61. The summed E-state index contributed by atoms with van der Waals surface area (Å²) in [7, 11) is 3.13. The number of benzene rings is 1. The summed E-state index contributed by atoms with van der Waals surface area (Å²) in [4.78, 5) is 35.9. The smallest absolute Gasteiger partial charge is 0.274 e. The Kier molecular flexibility index (Phi) is 6.84. The molecular weight excluding hydrogens is 526 g/mol. The van der Waals surface area contributed by atoms with Crippen LogP contribution in [0.15, 0.2) is 59.8 Å². The van der Waals surface area contributed by atoms with Crippen molar-refractivity contribution in [2.75, 3.05) is 14.1 Å². The van der Waals surface area contributed by atoms with Crippen molar-refractivity contribution >= 4 is 29.1 Å². The normalized spacial score (nSPS) is 16.4. The largest absolute Gasteiger partial charge is 0.345 e. The van der Waals surface area contributed by atoms with Crippen LogP contribution in [0.25, 0.3) is 16.9 Å². The van der Waals surface area contributed by atoms with E-state index in [-0.39, 0.29) is 33.5 Å². The van der Waals surface area contributed by atoms with E-state index in [1.54, 1.807) is 50.9 Å². The fourth-order valence-corrected chi connectivity index (χ4v) is 5.34. The van der Waals surface area contributed by atoms with Crippen molar-refractivity contribution in [1.29, 1.82) is 0 Å². The van der Waals surface area contributed by atoms with Gasteiger partial charge in [-0.3, -0.25) is 24.1 Å². The number of halogens is 3. The highest BCUT2D eigenvalue weighted by Gasteiger charge is 2.42. The molecule has 194 valence electrons. The summed E-state index contributed by atoms with van der Waals surface area (Å²) in [5.41, 5.74) is 3.85. The Morgan fingerprint density at radius 1 is 1.08 bits per heavy atom. The molecule has 2 atom stereocenters. The van der Waals surface area contributed by atoms with Gasteiger partial charge >= 0.3 is 0 Å². The number of carbonyl (C=O) groups excluding carboxylic acids is 1. The lowest BCUT2D eigenvalue weighted by Gasteiger charge is -2.17. The molecular formula is C29H25Cl2FN4O2. The van der Waals surface area contributed by atoms with Crippen LogP contribution < -0.4 is 5.56 Å². The van der Waals surface area contributed by atoms with E-state index >= 15 is 4.39 Å². The second-order valence-corrected chi connectivity index (χ2v) is 10.6. The third-order valence-corrected chi connectivity index (χ3v) is 7.52. The molecule has 1 fully saturated rings. The Morgan fingerprint density at radius 2 is 1.84 bits per heavy atom. The molecule has 0 saturated heterocycles. The van der Waals surface area contributed by atoms with Crippen LogP contribution in [0.2, 0.25) is 10.0 Å². The van der Waals surface area contributed by atoms with Gasteiger partial charge in [0.2, 0.25) is 0 Å². The molecule has 0 bridgehead atoms. The fraction of sp³-hybridized carbons (Fsp3) is 0.241. The van der Waals surface area contributed by atoms with E-state index in [0.717, 1.165) is 23.1 Å². The molecule has 38 heavy (non-hydrogen) atoms. The Morgan fingerprint density at radius 3 is 2.55 bits per heavy atom. The van der Waals surface area contributed by atoms with E-state index < -0.39 is 11.7 Å².